The van der Waals surface area contributed by atoms with Crippen LogP contribution in [0.5, 0.6) is 28.7 Å². The fourth-order valence-corrected chi connectivity index (χ4v) is 4.55. The van der Waals surface area contributed by atoms with Crippen LogP contribution in [0.25, 0.3) is 10.9 Å². The van der Waals surface area contributed by atoms with Crippen LogP contribution < -0.4 is 34.9 Å². The molecule has 2 aromatic carbocycles. The van der Waals surface area contributed by atoms with E-state index in [1.165, 1.54) is 6.20 Å². The van der Waals surface area contributed by atoms with Gasteiger partial charge in [-0.1, -0.05) is 0 Å². The number of ether oxygens (including phenoxy) is 4. The predicted octanol–water partition coefficient (Wildman–Crippen LogP) is 4.78. The van der Waals surface area contributed by atoms with Gasteiger partial charge in [-0.25, -0.2) is 0 Å². The summed E-state index contributed by atoms with van der Waals surface area (Å²) in [7, 11) is 6.16. The molecule has 4 aromatic rings. The standard InChI is InChI=1S/C27H28IN4O5P/c1-4-35-20-7-9-30-15-17(20)27(33)32-18-5-6-22(26(38)25(18)28)37-21-8-10-31-19-14-24(36-12-11-29-2)23(34-3)13-16(19)21/h5-10,13-15,29H,4,11-12,38H2,1-3H3,(H,32,33). The van der Waals surface area contributed by atoms with Crippen LogP contribution in [-0.4, -0.2) is 49.8 Å². The number of hydrogen-bond donors (Lipinski definition) is 2. The molecule has 1 atom stereocenters. The molecule has 4 rings (SSSR count). The normalized spacial score (nSPS) is 10.8. The first-order valence-electron chi connectivity index (χ1n) is 11.8. The Morgan fingerprint density at radius 2 is 1.84 bits per heavy atom. The summed E-state index contributed by atoms with van der Waals surface area (Å²) >= 11 is 2.18. The van der Waals surface area contributed by atoms with Gasteiger partial charge in [-0.3, -0.25) is 14.8 Å². The molecule has 2 heterocycles. The van der Waals surface area contributed by atoms with Crippen molar-refractivity contribution in [3.05, 3.63) is 64.1 Å². The molecule has 2 aromatic heterocycles. The molecular formula is C27H28IN4O5P. The number of amides is 1. The molecule has 2 N–H and O–H groups in total. The molecule has 9 nitrogen and oxygen atoms in total. The number of halogens is 1. The van der Waals surface area contributed by atoms with Crippen molar-refractivity contribution in [2.24, 2.45) is 0 Å². The number of methoxy groups -OCH3 is 1. The molecule has 0 aliphatic heterocycles. The van der Waals surface area contributed by atoms with Gasteiger partial charge in [-0.05, 0) is 66.9 Å². The van der Waals surface area contributed by atoms with Crippen molar-refractivity contribution < 1.29 is 23.7 Å². The molecule has 0 aliphatic rings. The molecule has 198 valence electrons. The van der Waals surface area contributed by atoms with Crippen molar-refractivity contribution in [1.82, 2.24) is 15.3 Å². The van der Waals surface area contributed by atoms with Crippen molar-refractivity contribution in [3.8, 4) is 28.7 Å². The number of pyridine rings is 2. The highest BCUT2D eigenvalue weighted by atomic mass is 127. The first-order valence-corrected chi connectivity index (χ1v) is 13.5. The van der Waals surface area contributed by atoms with E-state index in [0.29, 0.717) is 65.3 Å². The van der Waals surface area contributed by atoms with Gasteiger partial charge in [-0.15, -0.1) is 9.24 Å². The smallest absolute Gasteiger partial charge is 0.261 e. The first-order chi connectivity index (χ1) is 18.5. The largest absolute Gasteiger partial charge is 0.493 e. The maximum Gasteiger partial charge on any atom is 0.261 e. The second kappa shape index (κ2) is 13.0. The molecule has 38 heavy (non-hydrogen) atoms. The Morgan fingerprint density at radius 1 is 1.03 bits per heavy atom. The Hall–Kier alpha value is -3.21. The van der Waals surface area contributed by atoms with Gasteiger partial charge >= 0.3 is 0 Å². The van der Waals surface area contributed by atoms with Crippen LogP contribution in [0.3, 0.4) is 0 Å². The zero-order valence-electron chi connectivity index (χ0n) is 21.2. The summed E-state index contributed by atoms with van der Waals surface area (Å²) in [5.74, 6) is 2.61. The van der Waals surface area contributed by atoms with Crippen LogP contribution in [-0.2, 0) is 0 Å². The minimum absolute atomic E-state index is 0.308. The van der Waals surface area contributed by atoms with Crippen molar-refractivity contribution in [1.29, 1.82) is 0 Å². The third-order valence-corrected chi connectivity index (χ3v) is 7.85. The number of fused-ring (bicyclic) bond motifs is 1. The lowest BCUT2D eigenvalue weighted by Crippen LogP contribution is -2.17. The lowest BCUT2D eigenvalue weighted by molar-refractivity contribution is 0.102. The van der Waals surface area contributed by atoms with Crippen molar-refractivity contribution in [2.45, 2.75) is 6.92 Å². The summed E-state index contributed by atoms with van der Waals surface area (Å²) in [5.41, 5.74) is 1.72. The SMILES string of the molecule is CCOc1ccncc1C(=O)Nc1ccc(Oc2ccnc3cc(OCCNC)c(OC)cc23)c(P)c1I. The number of likely N-dealkylation sites (N-methyl/N-ethyl adjacent to an activating group) is 1. The highest BCUT2D eigenvalue weighted by Crippen LogP contribution is 2.37. The molecule has 1 amide bonds. The summed E-state index contributed by atoms with van der Waals surface area (Å²) < 4.78 is 24.1. The van der Waals surface area contributed by atoms with Gasteiger partial charge in [0.05, 0.1) is 30.5 Å². The lowest BCUT2D eigenvalue weighted by Gasteiger charge is -2.16. The van der Waals surface area contributed by atoms with E-state index >= 15 is 0 Å². The fourth-order valence-electron chi connectivity index (χ4n) is 3.66. The monoisotopic (exact) mass is 646 g/mol. The average Bonchev–Trinajstić information content (AvgIpc) is 2.93. The molecule has 0 radical (unpaired) electrons. The number of carbonyl (C=O) groups is 1. The summed E-state index contributed by atoms with van der Waals surface area (Å²) in [4.78, 5) is 21.5. The van der Waals surface area contributed by atoms with E-state index in [1.54, 1.807) is 37.7 Å². The maximum absolute atomic E-state index is 13.0. The number of hydrogen-bond acceptors (Lipinski definition) is 8. The Bertz CT molecular complexity index is 1450. The molecule has 0 aliphatic carbocycles. The van der Waals surface area contributed by atoms with Crippen LogP contribution in [0.2, 0.25) is 0 Å². The third kappa shape index (κ3) is 6.25. The van der Waals surface area contributed by atoms with E-state index in [-0.39, 0.29) is 5.91 Å². The third-order valence-electron chi connectivity index (χ3n) is 5.53. The Kier molecular flexibility index (Phi) is 9.54. The van der Waals surface area contributed by atoms with Crippen molar-refractivity contribution in [3.63, 3.8) is 0 Å². The summed E-state index contributed by atoms with van der Waals surface area (Å²) in [6.45, 7) is 3.52. The Morgan fingerprint density at radius 3 is 2.61 bits per heavy atom. The van der Waals surface area contributed by atoms with E-state index < -0.39 is 0 Å². The van der Waals surface area contributed by atoms with Crippen molar-refractivity contribution >= 4 is 59.6 Å². The van der Waals surface area contributed by atoms with Gasteiger partial charge in [0.25, 0.3) is 5.91 Å². The molecule has 0 spiro atoms. The molecule has 0 bridgehead atoms. The first kappa shape index (κ1) is 27.8. The second-order valence-electron chi connectivity index (χ2n) is 7.98. The number of carbonyl (C=O) groups excluding carboxylic acids is 1. The summed E-state index contributed by atoms with van der Waals surface area (Å²) in [6.07, 6.45) is 4.77. The maximum atomic E-state index is 13.0. The van der Waals surface area contributed by atoms with Crippen LogP contribution >= 0.6 is 31.8 Å². The van der Waals surface area contributed by atoms with Crippen LogP contribution in [0, 0.1) is 3.57 Å². The van der Waals surface area contributed by atoms with Crippen LogP contribution in [0.1, 0.15) is 17.3 Å². The molecule has 11 heteroatoms. The van der Waals surface area contributed by atoms with E-state index in [2.05, 4.69) is 52.4 Å². The van der Waals surface area contributed by atoms with Gasteiger partial charge in [0, 0.05) is 45.5 Å². The summed E-state index contributed by atoms with van der Waals surface area (Å²) in [6, 6.07) is 10.8. The van der Waals surface area contributed by atoms with Gasteiger partial charge in [-0.2, -0.15) is 0 Å². The number of benzene rings is 2. The van der Waals surface area contributed by atoms with E-state index in [1.807, 2.05) is 32.2 Å². The zero-order valence-corrected chi connectivity index (χ0v) is 24.5. The number of rotatable bonds is 11. The molecular weight excluding hydrogens is 618 g/mol. The number of anilines is 1. The number of nitrogens with zero attached hydrogens (tertiary/aromatic N) is 2. The quantitative estimate of drug-likeness (QED) is 0.136. The van der Waals surface area contributed by atoms with Crippen LogP contribution in [0.4, 0.5) is 5.69 Å². The van der Waals surface area contributed by atoms with E-state index in [4.69, 9.17) is 18.9 Å². The Balaban J connectivity index is 1.60. The van der Waals surface area contributed by atoms with E-state index in [9.17, 15) is 4.79 Å². The highest BCUT2D eigenvalue weighted by Gasteiger charge is 2.18. The minimum atomic E-state index is -0.308. The minimum Gasteiger partial charge on any atom is -0.493 e. The summed E-state index contributed by atoms with van der Waals surface area (Å²) in [5, 5.41) is 7.58. The highest BCUT2D eigenvalue weighted by molar-refractivity contribution is 14.1. The topological polar surface area (TPSA) is 104 Å². The van der Waals surface area contributed by atoms with Gasteiger partial charge < -0.3 is 29.6 Å². The predicted molar refractivity (Wildman–Crippen MR) is 160 cm³/mol. The molecule has 0 saturated carbocycles. The molecule has 0 saturated heterocycles. The number of aromatic nitrogens is 2. The van der Waals surface area contributed by atoms with Gasteiger partial charge in [0.1, 0.15) is 23.9 Å². The second-order valence-corrected chi connectivity index (χ2v) is 9.64. The Labute approximate surface area is 237 Å². The zero-order chi connectivity index (χ0) is 27.1. The number of nitrogens with one attached hydrogen (secondary N) is 2. The molecule has 1 unspecified atom stereocenters. The van der Waals surface area contributed by atoms with E-state index in [0.717, 1.165) is 14.3 Å². The fraction of sp³-hybridized carbons (Fsp3) is 0.222. The van der Waals surface area contributed by atoms with Gasteiger partial charge in [0.15, 0.2) is 11.5 Å². The van der Waals surface area contributed by atoms with Crippen molar-refractivity contribution in [2.75, 3.05) is 39.2 Å². The van der Waals surface area contributed by atoms with Gasteiger partial charge in [0.2, 0.25) is 0 Å². The van der Waals surface area contributed by atoms with Crippen LogP contribution in [0.15, 0.2) is 55.0 Å². The lowest BCUT2D eigenvalue weighted by atomic mass is 10.1. The average molecular weight is 646 g/mol. The molecule has 0 fully saturated rings.